The number of nitrogens with one attached hydrogen (secondary N) is 2. The van der Waals surface area contributed by atoms with Gasteiger partial charge in [0.15, 0.2) is 0 Å². The Hall–Kier alpha value is -3.06. The predicted octanol–water partition coefficient (Wildman–Crippen LogP) is 2.13. The first-order valence-corrected chi connectivity index (χ1v) is 9.48. The van der Waals surface area contributed by atoms with Crippen LogP contribution in [0.4, 0.5) is 0 Å². The molecule has 0 fully saturated rings. The summed E-state index contributed by atoms with van der Waals surface area (Å²) in [6, 6.07) is 12.9. The molecule has 0 saturated heterocycles. The number of amides is 1. The van der Waals surface area contributed by atoms with Crippen LogP contribution in [0.25, 0.3) is 11.0 Å². The molecule has 3 N–H and O–H groups in total. The van der Waals surface area contributed by atoms with Gasteiger partial charge in [-0.1, -0.05) is 24.3 Å². The van der Waals surface area contributed by atoms with Gasteiger partial charge in [-0.3, -0.25) is 4.79 Å². The first-order valence-electron chi connectivity index (χ1n) is 9.48. The number of aliphatic hydroxyl groups is 1. The highest BCUT2D eigenvalue weighted by molar-refractivity contribution is 5.77. The summed E-state index contributed by atoms with van der Waals surface area (Å²) in [7, 11) is 0. The lowest BCUT2D eigenvalue weighted by atomic mass is 10.0. The lowest BCUT2D eigenvalue weighted by Gasteiger charge is -2.28. The van der Waals surface area contributed by atoms with E-state index < -0.39 is 0 Å². The molecule has 0 saturated carbocycles. The maximum atomic E-state index is 12.8. The zero-order valence-corrected chi connectivity index (χ0v) is 15.5. The van der Waals surface area contributed by atoms with E-state index >= 15 is 0 Å². The quantitative estimate of drug-likeness (QED) is 0.631. The van der Waals surface area contributed by atoms with Gasteiger partial charge >= 0.3 is 5.69 Å². The summed E-state index contributed by atoms with van der Waals surface area (Å²) in [5, 5.41) is 9.91. The highest BCUT2D eigenvalue weighted by Gasteiger charge is 2.29. The lowest BCUT2D eigenvalue weighted by molar-refractivity contribution is -0.134. The number of ether oxygens (including phenoxy) is 1. The number of aromatic nitrogens is 2. The molecule has 0 spiro atoms. The Morgan fingerprint density at radius 1 is 1.18 bits per heavy atom. The molecule has 28 heavy (non-hydrogen) atoms. The zero-order chi connectivity index (χ0) is 19.5. The number of imidazole rings is 1. The van der Waals surface area contributed by atoms with Crippen molar-refractivity contribution in [3.05, 3.63) is 64.1 Å². The molecule has 1 aromatic heterocycles. The summed E-state index contributed by atoms with van der Waals surface area (Å²) in [5.74, 6) is 0.737. The smallest absolute Gasteiger partial charge is 0.323 e. The van der Waals surface area contributed by atoms with E-state index in [1.54, 1.807) is 4.90 Å². The fourth-order valence-electron chi connectivity index (χ4n) is 3.78. The van der Waals surface area contributed by atoms with Crippen molar-refractivity contribution in [3.8, 4) is 5.75 Å². The SMILES string of the molecule is O=C(CCCc1ccc2[nH]c(=O)[nH]c2c1)N1CCOc2ccccc2C1CO. The third-order valence-corrected chi connectivity index (χ3v) is 5.17. The molecule has 1 atom stereocenters. The Labute approximate surface area is 162 Å². The van der Waals surface area contributed by atoms with Gasteiger partial charge in [-0.15, -0.1) is 0 Å². The highest BCUT2D eigenvalue weighted by Crippen LogP contribution is 2.32. The number of para-hydroxylation sites is 1. The summed E-state index contributed by atoms with van der Waals surface area (Å²) in [5.41, 5.74) is 3.24. The van der Waals surface area contributed by atoms with Crippen molar-refractivity contribution in [1.29, 1.82) is 0 Å². The van der Waals surface area contributed by atoms with Crippen LogP contribution in [0.2, 0.25) is 0 Å². The predicted molar refractivity (Wildman–Crippen MR) is 105 cm³/mol. The fourth-order valence-corrected chi connectivity index (χ4v) is 3.78. The molecule has 2 heterocycles. The molecule has 0 bridgehead atoms. The molecule has 2 aromatic carbocycles. The maximum absolute atomic E-state index is 12.8. The van der Waals surface area contributed by atoms with E-state index in [0.29, 0.717) is 26.0 Å². The number of H-pyrrole nitrogens is 2. The average molecular weight is 381 g/mol. The standard InChI is InChI=1S/C21H23N3O4/c25-13-18-15-5-1-2-6-19(15)28-11-10-24(18)20(26)7-3-4-14-8-9-16-17(12-14)23-21(27)22-16/h1-2,5-6,8-9,12,18,25H,3-4,7,10-11,13H2,(H2,22,23,27). The van der Waals surface area contributed by atoms with Crippen molar-refractivity contribution in [1.82, 2.24) is 14.9 Å². The average Bonchev–Trinajstić information content (AvgIpc) is 2.96. The Balaban J connectivity index is 1.41. The third-order valence-electron chi connectivity index (χ3n) is 5.17. The number of rotatable bonds is 5. The number of benzene rings is 2. The van der Waals surface area contributed by atoms with Crippen molar-refractivity contribution in [2.75, 3.05) is 19.8 Å². The minimum Gasteiger partial charge on any atom is -0.491 e. The van der Waals surface area contributed by atoms with Crippen LogP contribution >= 0.6 is 0 Å². The number of hydrogen-bond donors (Lipinski definition) is 3. The number of carbonyl (C=O) groups is 1. The topological polar surface area (TPSA) is 98.4 Å². The molecule has 1 unspecified atom stereocenters. The number of aryl methyl sites for hydroxylation is 1. The van der Waals surface area contributed by atoms with Crippen LogP contribution in [0, 0.1) is 0 Å². The molecular formula is C21H23N3O4. The molecule has 4 rings (SSSR count). The molecule has 0 aliphatic carbocycles. The van der Waals surface area contributed by atoms with Crippen LogP contribution in [-0.4, -0.2) is 45.6 Å². The van der Waals surface area contributed by atoms with Crippen molar-refractivity contribution >= 4 is 16.9 Å². The van der Waals surface area contributed by atoms with Crippen LogP contribution in [0.1, 0.15) is 30.0 Å². The van der Waals surface area contributed by atoms with E-state index in [0.717, 1.165) is 34.3 Å². The summed E-state index contributed by atoms with van der Waals surface area (Å²) >= 11 is 0. The second-order valence-electron chi connectivity index (χ2n) is 6.98. The maximum Gasteiger partial charge on any atom is 0.323 e. The van der Waals surface area contributed by atoms with Crippen molar-refractivity contribution < 1.29 is 14.6 Å². The molecule has 1 aliphatic heterocycles. The number of aromatic amines is 2. The van der Waals surface area contributed by atoms with Crippen LogP contribution in [0.3, 0.4) is 0 Å². The number of carbonyl (C=O) groups excluding carboxylic acids is 1. The largest absolute Gasteiger partial charge is 0.491 e. The molecule has 146 valence electrons. The normalized spacial score (nSPS) is 16.5. The number of hydrogen-bond acceptors (Lipinski definition) is 4. The van der Waals surface area contributed by atoms with Crippen molar-refractivity contribution in [2.45, 2.75) is 25.3 Å². The Morgan fingerprint density at radius 3 is 2.86 bits per heavy atom. The minimum absolute atomic E-state index is 0.00971. The summed E-state index contributed by atoms with van der Waals surface area (Å²) in [6.07, 6.45) is 1.82. The fraction of sp³-hybridized carbons (Fsp3) is 0.333. The molecular weight excluding hydrogens is 358 g/mol. The monoisotopic (exact) mass is 381 g/mol. The van der Waals surface area contributed by atoms with Gasteiger partial charge in [0.1, 0.15) is 12.4 Å². The van der Waals surface area contributed by atoms with Crippen LogP contribution in [0.5, 0.6) is 5.75 Å². The summed E-state index contributed by atoms with van der Waals surface area (Å²) in [4.78, 5) is 31.4. The zero-order valence-electron chi connectivity index (χ0n) is 15.5. The minimum atomic E-state index is -0.382. The van der Waals surface area contributed by atoms with Gasteiger partial charge in [0, 0.05) is 12.0 Å². The van der Waals surface area contributed by atoms with E-state index in [1.807, 2.05) is 42.5 Å². The van der Waals surface area contributed by atoms with Crippen LogP contribution in [-0.2, 0) is 11.2 Å². The molecule has 7 heteroatoms. The Bertz CT molecular complexity index is 1040. The molecule has 3 aromatic rings. The third kappa shape index (κ3) is 3.66. The first-order chi connectivity index (χ1) is 13.7. The first kappa shape index (κ1) is 18.3. The Morgan fingerprint density at radius 2 is 2.00 bits per heavy atom. The van der Waals surface area contributed by atoms with Crippen LogP contribution < -0.4 is 10.4 Å². The van der Waals surface area contributed by atoms with E-state index in [2.05, 4.69) is 9.97 Å². The van der Waals surface area contributed by atoms with E-state index in [-0.39, 0.29) is 24.2 Å². The second kappa shape index (κ2) is 7.90. The molecule has 1 amide bonds. The number of fused-ring (bicyclic) bond motifs is 2. The van der Waals surface area contributed by atoms with Crippen molar-refractivity contribution in [3.63, 3.8) is 0 Å². The van der Waals surface area contributed by atoms with Gasteiger partial charge in [0.05, 0.1) is 30.2 Å². The molecule has 7 nitrogen and oxygen atoms in total. The summed E-state index contributed by atoms with van der Waals surface area (Å²) in [6.45, 7) is 0.732. The van der Waals surface area contributed by atoms with Gasteiger partial charge in [-0.2, -0.15) is 0 Å². The van der Waals surface area contributed by atoms with E-state index in [4.69, 9.17) is 4.74 Å². The van der Waals surface area contributed by atoms with E-state index in [1.165, 1.54) is 0 Å². The molecule has 0 radical (unpaired) electrons. The van der Waals surface area contributed by atoms with E-state index in [9.17, 15) is 14.7 Å². The second-order valence-corrected chi connectivity index (χ2v) is 6.98. The lowest BCUT2D eigenvalue weighted by Crippen LogP contribution is -2.37. The Kier molecular flexibility index (Phi) is 5.16. The van der Waals surface area contributed by atoms with Gasteiger partial charge in [0.25, 0.3) is 0 Å². The van der Waals surface area contributed by atoms with Gasteiger partial charge < -0.3 is 24.7 Å². The number of nitrogens with zero attached hydrogens (tertiary/aromatic N) is 1. The highest BCUT2D eigenvalue weighted by atomic mass is 16.5. The van der Waals surface area contributed by atoms with Crippen LogP contribution in [0.15, 0.2) is 47.3 Å². The van der Waals surface area contributed by atoms with Crippen molar-refractivity contribution in [2.24, 2.45) is 0 Å². The number of aliphatic hydroxyl groups excluding tert-OH is 1. The molecule has 1 aliphatic rings. The van der Waals surface area contributed by atoms with Gasteiger partial charge in [0.2, 0.25) is 5.91 Å². The van der Waals surface area contributed by atoms with Gasteiger partial charge in [-0.25, -0.2) is 4.79 Å². The van der Waals surface area contributed by atoms with Gasteiger partial charge in [-0.05, 0) is 36.6 Å². The summed E-state index contributed by atoms with van der Waals surface area (Å²) < 4.78 is 5.74.